The van der Waals surface area contributed by atoms with Gasteiger partial charge in [-0.2, -0.15) is 0 Å². The predicted octanol–water partition coefficient (Wildman–Crippen LogP) is 6.69. The zero-order valence-corrected chi connectivity index (χ0v) is 15.4. The Kier molecular flexibility index (Phi) is 5.70. The van der Waals surface area contributed by atoms with Gasteiger partial charge in [0.1, 0.15) is 0 Å². The second-order valence-electron chi connectivity index (χ2n) is 6.43. The number of hydrogen-bond donors (Lipinski definition) is 0. The summed E-state index contributed by atoms with van der Waals surface area (Å²) in [6, 6.07) is 19.0. The van der Waals surface area contributed by atoms with Gasteiger partial charge in [0.2, 0.25) is 0 Å². The first kappa shape index (κ1) is 17.8. The molecule has 0 fully saturated rings. The van der Waals surface area contributed by atoms with Crippen LogP contribution in [0.5, 0.6) is 0 Å². The fraction of sp³-hybridized carbons (Fsp3) is 0.120. The lowest BCUT2D eigenvalue weighted by Crippen LogP contribution is -2.15. The molecule has 0 radical (unpaired) electrons. The van der Waals surface area contributed by atoms with Crippen LogP contribution in [0.2, 0.25) is 0 Å². The molecule has 2 aromatic carbocycles. The standard InChI is InChI=1S/C25H25N/c1-4-24(18-20(2)21-12-7-5-8-13-21)26(3)25-17-11-16-23(19-25)22-14-9-6-10-15-22/h4-7,9-12,14-19H,1-2,8,13H2,3H3/b24-18+. The van der Waals surface area contributed by atoms with E-state index < -0.39 is 0 Å². The molecule has 0 amide bonds. The zero-order valence-electron chi connectivity index (χ0n) is 15.4. The van der Waals surface area contributed by atoms with Crippen molar-refractivity contribution in [3.05, 3.63) is 115 Å². The van der Waals surface area contributed by atoms with Crippen molar-refractivity contribution >= 4 is 5.69 Å². The van der Waals surface area contributed by atoms with Crippen molar-refractivity contribution in [1.29, 1.82) is 0 Å². The lowest BCUT2D eigenvalue weighted by molar-refractivity contribution is 0.977. The van der Waals surface area contributed by atoms with E-state index in [0.717, 1.165) is 29.8 Å². The van der Waals surface area contributed by atoms with Crippen LogP contribution in [0, 0.1) is 0 Å². The Morgan fingerprint density at radius 1 is 1.04 bits per heavy atom. The van der Waals surface area contributed by atoms with E-state index in [1.54, 1.807) is 0 Å². The molecule has 0 heterocycles. The largest absolute Gasteiger partial charge is 0.345 e. The lowest BCUT2D eigenvalue weighted by atomic mass is 9.97. The maximum Gasteiger partial charge on any atom is 0.0414 e. The number of hydrogen-bond acceptors (Lipinski definition) is 1. The third-order valence-electron chi connectivity index (χ3n) is 4.69. The molecule has 3 rings (SSSR count). The lowest BCUT2D eigenvalue weighted by Gasteiger charge is -2.22. The topological polar surface area (TPSA) is 3.24 Å². The van der Waals surface area contributed by atoms with Gasteiger partial charge < -0.3 is 4.90 Å². The van der Waals surface area contributed by atoms with Crippen LogP contribution < -0.4 is 4.90 Å². The van der Waals surface area contributed by atoms with Gasteiger partial charge in [-0.05, 0) is 59.4 Å². The van der Waals surface area contributed by atoms with Crippen molar-refractivity contribution in [2.75, 3.05) is 11.9 Å². The van der Waals surface area contributed by atoms with Crippen LogP contribution in [-0.4, -0.2) is 7.05 Å². The Hall–Kier alpha value is -3.06. The van der Waals surface area contributed by atoms with Gasteiger partial charge in [-0.15, -0.1) is 0 Å². The summed E-state index contributed by atoms with van der Waals surface area (Å²) in [4.78, 5) is 2.16. The molecule has 1 nitrogen and oxygen atoms in total. The fourth-order valence-electron chi connectivity index (χ4n) is 3.11. The first-order valence-electron chi connectivity index (χ1n) is 8.97. The van der Waals surface area contributed by atoms with Gasteiger partial charge in [0, 0.05) is 18.4 Å². The van der Waals surface area contributed by atoms with E-state index in [1.807, 2.05) is 12.1 Å². The first-order chi connectivity index (χ1) is 12.7. The van der Waals surface area contributed by atoms with Crippen molar-refractivity contribution in [1.82, 2.24) is 0 Å². The molecular weight excluding hydrogens is 314 g/mol. The van der Waals surface area contributed by atoms with Crippen molar-refractivity contribution in [2.45, 2.75) is 12.8 Å². The Bertz CT molecular complexity index is 881. The summed E-state index contributed by atoms with van der Waals surface area (Å²) < 4.78 is 0. The number of benzene rings is 2. The Morgan fingerprint density at radius 2 is 1.81 bits per heavy atom. The van der Waals surface area contributed by atoms with E-state index in [2.05, 4.69) is 97.9 Å². The first-order valence-corrected chi connectivity index (χ1v) is 8.97. The summed E-state index contributed by atoms with van der Waals surface area (Å²) in [7, 11) is 2.07. The molecule has 0 unspecified atom stereocenters. The number of nitrogens with zero attached hydrogens (tertiary/aromatic N) is 1. The molecule has 0 bridgehead atoms. The van der Waals surface area contributed by atoms with Gasteiger partial charge in [0.25, 0.3) is 0 Å². The maximum atomic E-state index is 4.25. The number of rotatable bonds is 6. The van der Waals surface area contributed by atoms with Crippen LogP contribution >= 0.6 is 0 Å². The molecule has 0 aliphatic heterocycles. The molecule has 0 saturated heterocycles. The van der Waals surface area contributed by atoms with E-state index >= 15 is 0 Å². The normalized spacial score (nSPS) is 13.9. The monoisotopic (exact) mass is 339 g/mol. The van der Waals surface area contributed by atoms with E-state index in [-0.39, 0.29) is 0 Å². The van der Waals surface area contributed by atoms with Gasteiger partial charge in [-0.3, -0.25) is 0 Å². The minimum Gasteiger partial charge on any atom is -0.345 e. The van der Waals surface area contributed by atoms with Crippen LogP contribution in [0.3, 0.4) is 0 Å². The van der Waals surface area contributed by atoms with Crippen molar-refractivity contribution in [3.63, 3.8) is 0 Å². The molecule has 0 aromatic heterocycles. The molecule has 0 atom stereocenters. The summed E-state index contributed by atoms with van der Waals surface area (Å²) in [5, 5.41) is 0. The van der Waals surface area contributed by atoms with E-state index in [4.69, 9.17) is 0 Å². The Morgan fingerprint density at radius 3 is 2.50 bits per heavy atom. The van der Waals surface area contributed by atoms with Crippen LogP contribution in [0.15, 0.2) is 115 Å². The van der Waals surface area contributed by atoms with Gasteiger partial charge in [-0.25, -0.2) is 0 Å². The van der Waals surface area contributed by atoms with Gasteiger partial charge in [0.15, 0.2) is 0 Å². The quantitative estimate of drug-likeness (QED) is 0.530. The molecule has 0 spiro atoms. The van der Waals surface area contributed by atoms with Crippen molar-refractivity contribution < 1.29 is 0 Å². The van der Waals surface area contributed by atoms with Crippen LogP contribution in [0.4, 0.5) is 5.69 Å². The van der Waals surface area contributed by atoms with Gasteiger partial charge in [-0.1, -0.05) is 73.9 Å². The highest BCUT2D eigenvalue weighted by Gasteiger charge is 2.09. The average molecular weight is 339 g/mol. The van der Waals surface area contributed by atoms with Crippen molar-refractivity contribution in [3.8, 4) is 11.1 Å². The number of anilines is 1. The molecule has 0 saturated carbocycles. The zero-order chi connectivity index (χ0) is 18.4. The summed E-state index contributed by atoms with van der Waals surface area (Å²) in [5.41, 5.74) is 6.93. The molecule has 1 aliphatic rings. The number of allylic oxidation sites excluding steroid dienone is 7. The highest BCUT2D eigenvalue weighted by Crippen LogP contribution is 2.27. The Balaban J connectivity index is 1.87. The third-order valence-corrected chi connectivity index (χ3v) is 4.69. The number of likely N-dealkylation sites (N-methyl/N-ethyl adjacent to an activating group) is 1. The highest BCUT2D eigenvalue weighted by molar-refractivity contribution is 5.70. The Labute approximate surface area is 157 Å². The van der Waals surface area contributed by atoms with Gasteiger partial charge >= 0.3 is 0 Å². The molecule has 26 heavy (non-hydrogen) atoms. The van der Waals surface area contributed by atoms with E-state index in [0.29, 0.717) is 0 Å². The second kappa shape index (κ2) is 8.35. The second-order valence-corrected chi connectivity index (χ2v) is 6.43. The van der Waals surface area contributed by atoms with Gasteiger partial charge in [0.05, 0.1) is 0 Å². The van der Waals surface area contributed by atoms with Crippen LogP contribution in [0.25, 0.3) is 11.1 Å². The van der Waals surface area contributed by atoms with Crippen molar-refractivity contribution in [2.24, 2.45) is 0 Å². The molecule has 1 aliphatic carbocycles. The van der Waals surface area contributed by atoms with Crippen LogP contribution in [0.1, 0.15) is 12.8 Å². The fourth-order valence-corrected chi connectivity index (χ4v) is 3.11. The molecule has 130 valence electrons. The summed E-state index contributed by atoms with van der Waals surface area (Å²) in [5.74, 6) is 0. The van der Waals surface area contributed by atoms with Crippen LogP contribution in [-0.2, 0) is 0 Å². The highest BCUT2D eigenvalue weighted by atomic mass is 15.1. The minimum absolute atomic E-state index is 1.04. The SMILES string of the molecule is C=C/C(=C\C(=C)C1=CC=CCC1)N(C)c1cccc(-c2ccccc2)c1. The summed E-state index contributed by atoms with van der Waals surface area (Å²) in [6.45, 7) is 8.26. The smallest absolute Gasteiger partial charge is 0.0414 e. The summed E-state index contributed by atoms with van der Waals surface area (Å²) >= 11 is 0. The molecule has 1 heteroatoms. The molecule has 2 aromatic rings. The third kappa shape index (κ3) is 4.12. The van der Waals surface area contributed by atoms with E-state index in [9.17, 15) is 0 Å². The predicted molar refractivity (Wildman–Crippen MR) is 114 cm³/mol. The molecular formula is C25H25N. The maximum absolute atomic E-state index is 4.25. The van der Waals surface area contributed by atoms with E-state index in [1.165, 1.54) is 16.7 Å². The summed E-state index contributed by atoms with van der Waals surface area (Å²) in [6.07, 6.45) is 12.6. The average Bonchev–Trinajstić information content (AvgIpc) is 2.72. The minimum atomic E-state index is 1.04. The molecule has 0 N–H and O–H groups in total.